The maximum atomic E-state index is 14.0. The molecule has 0 aliphatic carbocycles. The molecular weight excluding hydrogens is 1460 g/mol. The van der Waals surface area contributed by atoms with Gasteiger partial charge in [-0.2, -0.15) is 0 Å². The van der Waals surface area contributed by atoms with Gasteiger partial charge in [-0.05, 0) is 266 Å². The fraction of sp³-hybridized carbons (Fsp3) is 0.0179. The van der Waals surface area contributed by atoms with E-state index in [0.717, 1.165) is 102 Å². The highest BCUT2D eigenvalue weighted by Gasteiger charge is 2.30. The highest BCUT2D eigenvalue weighted by Crippen LogP contribution is 2.51. The molecule has 2 aliphatic rings. The van der Waals surface area contributed by atoms with Gasteiger partial charge in [0, 0.05) is 107 Å². The summed E-state index contributed by atoms with van der Waals surface area (Å²) in [6.07, 6.45) is 1.58. The second-order valence-electron chi connectivity index (χ2n) is 31.4. The van der Waals surface area contributed by atoms with Gasteiger partial charge < -0.3 is 18.9 Å². The summed E-state index contributed by atoms with van der Waals surface area (Å²) >= 11 is 0. The standard InChI is InChI=1S/2C56H37N3O/c60-56-47-23-11-10-21-45(47)49-34-38(28-31-55(49)59(56)43-19-8-3-9-20-43)37-27-30-51-40(33-37)36-48-44(24-14-26-53(48)57(51)41-15-4-1-5-16-41)39-29-32-54-50(35-39)46-22-12-13-25-52(46)58(54)42-17-6-2-7-18-42;60-56-48-22-11-10-20-46(48)49-35-39(27-31-55(49)59(56)45-18-8-3-9-19-45)37-24-28-51-41(32-37)34-42-33-38(25-29-52(42)57(51)43-14-4-1-5-15-43)40-26-30-54-50(36-40)47-21-12-13-23-53(47)58(54)44-16-6-2-7-17-44/h1-35H,36H2;1-33,35-36H,34H2. The first-order valence-electron chi connectivity index (χ1n) is 41.0. The molecule has 2 aliphatic heterocycles. The normalized spacial score (nSPS) is 12.3. The van der Waals surface area contributed by atoms with Crippen molar-refractivity contribution < 1.29 is 0 Å². The van der Waals surface area contributed by atoms with Crippen LogP contribution in [0.1, 0.15) is 22.3 Å². The molecule has 0 fully saturated rings. The topological polar surface area (TPSA) is 60.3 Å². The Morgan fingerprint density at radius 1 is 0.175 bits per heavy atom. The van der Waals surface area contributed by atoms with Crippen molar-refractivity contribution >= 4 is 121 Å². The monoisotopic (exact) mass is 1530 g/mol. The number of pyridine rings is 2. The Morgan fingerprint density at radius 2 is 0.450 bits per heavy atom. The molecule has 0 radical (unpaired) electrons. The molecule has 22 aromatic rings. The molecule has 0 amide bonds. The molecule has 0 saturated carbocycles. The number of para-hydroxylation sites is 8. The number of fused-ring (bicyclic) bond motifs is 16. The lowest BCUT2D eigenvalue weighted by atomic mass is 9.87. The van der Waals surface area contributed by atoms with Crippen molar-refractivity contribution in [2.24, 2.45) is 0 Å². The second-order valence-corrected chi connectivity index (χ2v) is 31.4. The Bertz CT molecular complexity index is 8010. The smallest absolute Gasteiger partial charge is 0.263 e. The van der Waals surface area contributed by atoms with E-state index in [1.54, 1.807) is 0 Å². The minimum Gasteiger partial charge on any atom is -0.310 e. The third kappa shape index (κ3) is 11.5. The van der Waals surface area contributed by atoms with Gasteiger partial charge in [-0.15, -0.1) is 0 Å². The molecule has 120 heavy (non-hydrogen) atoms. The summed E-state index contributed by atoms with van der Waals surface area (Å²) in [5.74, 6) is 0. The van der Waals surface area contributed by atoms with Crippen LogP contribution in [-0.2, 0) is 12.8 Å². The lowest BCUT2D eigenvalue weighted by molar-refractivity contribution is 1.06. The van der Waals surface area contributed by atoms with Crippen LogP contribution in [0.25, 0.3) is 154 Å². The number of benzene rings is 18. The highest BCUT2D eigenvalue weighted by molar-refractivity contribution is 6.13. The fourth-order valence-corrected chi connectivity index (χ4v) is 19.2. The van der Waals surface area contributed by atoms with Crippen LogP contribution in [0.5, 0.6) is 0 Å². The van der Waals surface area contributed by atoms with Gasteiger partial charge in [-0.25, -0.2) is 0 Å². The van der Waals surface area contributed by atoms with Gasteiger partial charge in [0.25, 0.3) is 11.1 Å². The second kappa shape index (κ2) is 28.5. The van der Waals surface area contributed by atoms with E-state index in [4.69, 9.17) is 0 Å². The van der Waals surface area contributed by atoms with Crippen molar-refractivity contribution in [2.75, 3.05) is 9.80 Å². The van der Waals surface area contributed by atoms with Crippen LogP contribution >= 0.6 is 0 Å². The Labute approximate surface area is 692 Å². The van der Waals surface area contributed by atoms with Gasteiger partial charge in [-0.3, -0.25) is 18.7 Å². The molecule has 6 heterocycles. The minimum absolute atomic E-state index is 0.0104. The first-order valence-corrected chi connectivity index (χ1v) is 41.0. The van der Waals surface area contributed by atoms with Crippen molar-refractivity contribution in [3.8, 4) is 67.3 Å². The molecule has 0 atom stereocenters. The van der Waals surface area contributed by atoms with Crippen LogP contribution in [0, 0.1) is 0 Å². The third-order valence-electron chi connectivity index (χ3n) is 24.6. The minimum atomic E-state index is -0.0117. The number of nitrogens with zero attached hydrogens (tertiary/aromatic N) is 6. The lowest BCUT2D eigenvalue weighted by Gasteiger charge is -2.35. The van der Waals surface area contributed by atoms with Crippen LogP contribution < -0.4 is 20.9 Å². The van der Waals surface area contributed by atoms with Crippen LogP contribution in [0.3, 0.4) is 0 Å². The molecule has 8 heteroatoms. The SMILES string of the molecule is O=c1c2ccccc2c2cc(-c3ccc4c(c3)Cc3c(-c5ccc6c(c5)c5ccccc5n6-c5ccccc5)cccc3N4c3ccccc3)ccc2n1-c1ccccc1.O=c1c2ccccc2c2cc(-c3ccc4c(c3)Cc3cc(-c5ccc6c(c5)c5ccccc5n6-c5ccccc5)ccc3N4c3ccccc3)ccc2n1-c1ccccc1. The molecule has 24 rings (SSSR count). The molecule has 18 aromatic carbocycles. The summed E-state index contributed by atoms with van der Waals surface area (Å²) in [5, 5.41) is 10.4. The number of hydrogen-bond donors (Lipinski definition) is 0. The summed E-state index contributed by atoms with van der Waals surface area (Å²) in [5.41, 5.74) is 32.1. The molecule has 0 saturated heterocycles. The zero-order chi connectivity index (χ0) is 79.5. The number of hydrogen-bond acceptors (Lipinski definition) is 4. The van der Waals surface area contributed by atoms with E-state index < -0.39 is 0 Å². The Hall–Kier alpha value is -15.9. The van der Waals surface area contributed by atoms with Crippen LogP contribution in [0.2, 0.25) is 0 Å². The van der Waals surface area contributed by atoms with E-state index in [0.29, 0.717) is 10.8 Å². The van der Waals surface area contributed by atoms with Crippen molar-refractivity contribution in [1.82, 2.24) is 18.3 Å². The Kier molecular flexibility index (Phi) is 16.5. The van der Waals surface area contributed by atoms with E-state index in [-0.39, 0.29) is 11.1 Å². The Balaban J connectivity index is 0.000000140. The zero-order valence-corrected chi connectivity index (χ0v) is 65.3. The maximum Gasteiger partial charge on any atom is 0.263 e. The molecular formula is C112H74N6O2. The Morgan fingerprint density at radius 3 is 0.850 bits per heavy atom. The first kappa shape index (κ1) is 69.6. The number of aromatic nitrogens is 4. The van der Waals surface area contributed by atoms with Gasteiger partial charge in [0.15, 0.2) is 0 Å². The van der Waals surface area contributed by atoms with Gasteiger partial charge in [0.05, 0.1) is 38.8 Å². The van der Waals surface area contributed by atoms with Crippen LogP contribution in [-0.4, -0.2) is 18.3 Å². The average Bonchev–Trinajstić information content (AvgIpc) is 0.855. The van der Waals surface area contributed by atoms with E-state index in [9.17, 15) is 9.59 Å². The average molecular weight is 1540 g/mol. The predicted octanol–water partition coefficient (Wildman–Crippen LogP) is 27.9. The maximum absolute atomic E-state index is 14.0. The van der Waals surface area contributed by atoms with E-state index in [2.05, 4.69) is 347 Å². The molecule has 0 unspecified atom stereocenters. The van der Waals surface area contributed by atoms with E-state index >= 15 is 0 Å². The van der Waals surface area contributed by atoms with Crippen LogP contribution in [0.15, 0.2) is 434 Å². The van der Waals surface area contributed by atoms with Gasteiger partial charge in [-0.1, -0.05) is 237 Å². The van der Waals surface area contributed by atoms with Crippen molar-refractivity contribution in [1.29, 1.82) is 0 Å². The lowest BCUT2D eigenvalue weighted by Crippen LogP contribution is -2.19. The zero-order valence-electron chi connectivity index (χ0n) is 65.3. The number of anilines is 6. The molecule has 0 bridgehead atoms. The van der Waals surface area contributed by atoms with Crippen molar-refractivity contribution in [3.63, 3.8) is 0 Å². The largest absolute Gasteiger partial charge is 0.310 e. The summed E-state index contributed by atoms with van der Waals surface area (Å²) in [4.78, 5) is 32.8. The fourth-order valence-electron chi connectivity index (χ4n) is 19.2. The summed E-state index contributed by atoms with van der Waals surface area (Å²) in [6, 6.07) is 150. The third-order valence-corrected chi connectivity index (χ3v) is 24.6. The number of rotatable bonds is 10. The van der Waals surface area contributed by atoms with Gasteiger partial charge >= 0.3 is 0 Å². The van der Waals surface area contributed by atoms with Crippen LogP contribution in [0.4, 0.5) is 34.1 Å². The summed E-state index contributed by atoms with van der Waals surface area (Å²) in [7, 11) is 0. The van der Waals surface area contributed by atoms with Gasteiger partial charge in [0.2, 0.25) is 0 Å². The summed E-state index contributed by atoms with van der Waals surface area (Å²) in [6.45, 7) is 0. The van der Waals surface area contributed by atoms with E-state index in [1.807, 2.05) is 106 Å². The highest BCUT2D eigenvalue weighted by atomic mass is 16.1. The molecule has 564 valence electrons. The molecule has 0 spiro atoms. The van der Waals surface area contributed by atoms with Crippen molar-refractivity contribution in [3.05, 3.63) is 468 Å². The van der Waals surface area contributed by atoms with Gasteiger partial charge in [0.1, 0.15) is 0 Å². The first-order chi connectivity index (χ1) is 59.4. The van der Waals surface area contributed by atoms with E-state index in [1.165, 1.54) is 111 Å². The quantitative estimate of drug-likeness (QED) is 0.128. The molecule has 8 nitrogen and oxygen atoms in total. The summed E-state index contributed by atoms with van der Waals surface area (Å²) < 4.78 is 8.44. The van der Waals surface area contributed by atoms with Crippen molar-refractivity contribution in [2.45, 2.75) is 12.8 Å². The molecule has 0 N–H and O–H groups in total. The molecule has 4 aromatic heterocycles. The predicted molar refractivity (Wildman–Crippen MR) is 500 cm³/mol.